The number of aromatic amines is 1. The minimum atomic E-state index is -0.0148. The molecule has 3 rings (SSSR count). The molecule has 1 fully saturated rings. The molecule has 0 radical (unpaired) electrons. The molecule has 1 saturated heterocycles. The van der Waals surface area contributed by atoms with Gasteiger partial charge in [-0.15, -0.1) is 0 Å². The van der Waals surface area contributed by atoms with Gasteiger partial charge in [0, 0.05) is 12.6 Å². The Morgan fingerprint density at radius 2 is 2.24 bits per heavy atom. The summed E-state index contributed by atoms with van der Waals surface area (Å²) in [6.07, 6.45) is 6.96. The molecule has 1 aromatic heterocycles. The molecule has 1 aromatic carbocycles. The van der Waals surface area contributed by atoms with Crippen molar-refractivity contribution in [3.05, 3.63) is 53.6 Å². The molecule has 1 atom stereocenters. The molecule has 1 N–H and O–H groups in total. The van der Waals surface area contributed by atoms with Crippen LogP contribution in [0.25, 0.3) is 0 Å². The number of hydrogen-bond donors (Lipinski definition) is 1. The highest BCUT2D eigenvalue weighted by Crippen LogP contribution is 2.29. The Morgan fingerprint density at radius 1 is 1.40 bits per heavy atom. The van der Waals surface area contributed by atoms with Crippen molar-refractivity contribution in [1.82, 2.24) is 20.1 Å². The summed E-state index contributed by atoms with van der Waals surface area (Å²) in [6.45, 7) is 2.74. The van der Waals surface area contributed by atoms with Gasteiger partial charge in [-0.1, -0.05) is 23.8 Å². The first-order chi connectivity index (χ1) is 12.2. The Balaban J connectivity index is 1.73. The van der Waals surface area contributed by atoms with Gasteiger partial charge in [-0.25, -0.2) is 4.98 Å². The molecule has 1 aliphatic heterocycles. The van der Waals surface area contributed by atoms with Crippen LogP contribution in [0, 0.1) is 0 Å². The Bertz CT molecular complexity index is 740. The van der Waals surface area contributed by atoms with E-state index in [0.29, 0.717) is 6.42 Å². The van der Waals surface area contributed by atoms with Gasteiger partial charge in [-0.05, 0) is 44.2 Å². The van der Waals surface area contributed by atoms with E-state index in [9.17, 15) is 4.79 Å². The number of likely N-dealkylation sites (tertiary alicyclic amines) is 1. The van der Waals surface area contributed by atoms with Crippen LogP contribution in [0.1, 0.15) is 43.6 Å². The Labute approximate surface area is 147 Å². The third kappa shape index (κ3) is 4.07. The van der Waals surface area contributed by atoms with Gasteiger partial charge in [0.2, 0.25) is 5.91 Å². The Hall–Kier alpha value is -2.63. The zero-order valence-corrected chi connectivity index (χ0v) is 14.7. The van der Waals surface area contributed by atoms with E-state index in [1.165, 1.54) is 6.33 Å². The summed E-state index contributed by atoms with van der Waals surface area (Å²) in [6, 6.07) is 7.88. The summed E-state index contributed by atoms with van der Waals surface area (Å²) in [4.78, 5) is 19.0. The maximum absolute atomic E-state index is 12.8. The van der Waals surface area contributed by atoms with E-state index in [-0.39, 0.29) is 11.9 Å². The predicted octanol–water partition coefficient (Wildman–Crippen LogP) is 3.06. The van der Waals surface area contributed by atoms with Crippen LogP contribution in [0.2, 0.25) is 0 Å². The zero-order valence-electron chi connectivity index (χ0n) is 14.7. The van der Waals surface area contributed by atoms with Crippen molar-refractivity contribution in [1.29, 1.82) is 0 Å². The Morgan fingerprint density at radius 3 is 3.00 bits per heavy atom. The Kier molecular flexibility index (Phi) is 5.48. The number of para-hydroxylation sites is 1. The summed E-state index contributed by atoms with van der Waals surface area (Å²) in [5.41, 5.74) is 2.09. The average Bonchev–Trinajstić information content (AvgIpc) is 3.16. The van der Waals surface area contributed by atoms with Gasteiger partial charge in [0.05, 0.1) is 13.2 Å². The summed E-state index contributed by atoms with van der Waals surface area (Å²) in [5.74, 6) is 1.65. The number of allylic oxidation sites excluding steroid dienone is 1. The van der Waals surface area contributed by atoms with E-state index < -0.39 is 0 Å². The van der Waals surface area contributed by atoms with Gasteiger partial charge in [-0.2, -0.15) is 5.10 Å². The molecule has 132 valence electrons. The number of hydrogen-bond acceptors (Lipinski definition) is 4. The fourth-order valence-corrected chi connectivity index (χ4v) is 3.35. The van der Waals surface area contributed by atoms with E-state index in [2.05, 4.69) is 15.2 Å². The number of rotatable bonds is 5. The van der Waals surface area contributed by atoms with Crippen LogP contribution in [0.3, 0.4) is 0 Å². The third-order valence-corrected chi connectivity index (χ3v) is 4.57. The maximum atomic E-state index is 12.8. The lowest BCUT2D eigenvalue weighted by atomic mass is 10.0. The number of ether oxygens (including phenoxy) is 1. The first kappa shape index (κ1) is 17.2. The number of nitrogens with zero attached hydrogens (tertiary/aromatic N) is 3. The molecule has 6 heteroatoms. The summed E-state index contributed by atoms with van der Waals surface area (Å²) in [7, 11) is 1.67. The molecule has 25 heavy (non-hydrogen) atoms. The number of carbonyl (C=O) groups is 1. The van der Waals surface area contributed by atoms with Gasteiger partial charge in [0.15, 0.2) is 0 Å². The fourth-order valence-electron chi connectivity index (χ4n) is 3.35. The minimum absolute atomic E-state index is 0.0148. The quantitative estimate of drug-likeness (QED) is 0.849. The number of benzene rings is 1. The van der Waals surface area contributed by atoms with Gasteiger partial charge in [-0.3, -0.25) is 9.89 Å². The highest BCUT2D eigenvalue weighted by atomic mass is 16.5. The smallest absolute Gasteiger partial charge is 0.247 e. The third-order valence-electron chi connectivity index (χ3n) is 4.57. The lowest BCUT2D eigenvalue weighted by Crippen LogP contribution is -2.38. The van der Waals surface area contributed by atoms with E-state index in [1.807, 2.05) is 36.1 Å². The van der Waals surface area contributed by atoms with Crippen molar-refractivity contribution >= 4 is 5.91 Å². The van der Waals surface area contributed by atoms with Crippen LogP contribution in [-0.2, 0) is 11.2 Å². The van der Waals surface area contributed by atoms with E-state index in [1.54, 1.807) is 13.2 Å². The molecule has 0 bridgehead atoms. The number of piperidine rings is 1. The second kappa shape index (κ2) is 7.96. The maximum Gasteiger partial charge on any atom is 0.247 e. The topological polar surface area (TPSA) is 71.1 Å². The number of amides is 1. The highest BCUT2D eigenvalue weighted by Gasteiger charge is 2.28. The van der Waals surface area contributed by atoms with Crippen molar-refractivity contribution in [3.63, 3.8) is 0 Å². The van der Waals surface area contributed by atoms with Crippen LogP contribution >= 0.6 is 0 Å². The van der Waals surface area contributed by atoms with Gasteiger partial charge in [0.25, 0.3) is 0 Å². The minimum Gasteiger partial charge on any atom is -0.496 e. The fraction of sp³-hybridized carbons (Fsp3) is 0.421. The summed E-state index contributed by atoms with van der Waals surface area (Å²) in [5, 5.41) is 6.83. The zero-order chi connectivity index (χ0) is 17.6. The monoisotopic (exact) mass is 340 g/mol. The average molecular weight is 340 g/mol. The first-order valence-electron chi connectivity index (χ1n) is 8.64. The summed E-state index contributed by atoms with van der Waals surface area (Å²) < 4.78 is 5.39. The second-order valence-corrected chi connectivity index (χ2v) is 6.39. The number of carbonyl (C=O) groups excluding carboxylic acids is 1. The molecule has 6 nitrogen and oxygen atoms in total. The van der Waals surface area contributed by atoms with Crippen LogP contribution in [0.4, 0.5) is 0 Å². The molecule has 2 aromatic rings. The van der Waals surface area contributed by atoms with Gasteiger partial charge < -0.3 is 9.64 Å². The molecule has 0 aliphatic carbocycles. The second-order valence-electron chi connectivity index (χ2n) is 6.39. The van der Waals surface area contributed by atoms with Crippen LogP contribution < -0.4 is 4.74 Å². The molecular formula is C19H24N4O2. The largest absolute Gasteiger partial charge is 0.496 e. The number of aromatic nitrogens is 3. The van der Waals surface area contributed by atoms with E-state index in [4.69, 9.17) is 4.74 Å². The normalized spacial score (nSPS) is 18.2. The number of H-pyrrole nitrogens is 1. The molecule has 1 unspecified atom stereocenters. The van der Waals surface area contributed by atoms with Crippen molar-refractivity contribution < 1.29 is 9.53 Å². The standard InChI is InChI=1S/C19H24N4O2/c1-14(11-15-7-3-4-9-17(15)25-2)12-18(24)23-10-6-5-8-16(23)19-20-13-21-22-19/h3-4,7,9,12-13,16H,5-6,8,10-11H2,1-2H3,(H,20,21,22)/b14-12+. The molecule has 2 heterocycles. The first-order valence-corrected chi connectivity index (χ1v) is 8.64. The van der Waals surface area contributed by atoms with Crippen molar-refractivity contribution in [2.24, 2.45) is 0 Å². The summed E-state index contributed by atoms with van der Waals surface area (Å²) >= 11 is 0. The molecule has 0 saturated carbocycles. The van der Waals surface area contributed by atoms with Crippen molar-refractivity contribution in [2.45, 2.75) is 38.6 Å². The van der Waals surface area contributed by atoms with Crippen molar-refractivity contribution in [2.75, 3.05) is 13.7 Å². The molecular weight excluding hydrogens is 316 g/mol. The van der Waals surface area contributed by atoms with Gasteiger partial charge in [0.1, 0.15) is 17.9 Å². The highest BCUT2D eigenvalue weighted by molar-refractivity contribution is 5.88. The van der Waals surface area contributed by atoms with Crippen molar-refractivity contribution in [3.8, 4) is 5.75 Å². The molecule has 1 aliphatic rings. The van der Waals surface area contributed by atoms with Crippen LogP contribution in [0.15, 0.2) is 42.2 Å². The number of methoxy groups -OCH3 is 1. The lowest BCUT2D eigenvalue weighted by molar-refractivity contribution is -0.130. The predicted molar refractivity (Wildman–Crippen MR) is 95.1 cm³/mol. The van der Waals surface area contributed by atoms with E-state index in [0.717, 1.165) is 48.5 Å². The van der Waals surface area contributed by atoms with Crippen LogP contribution in [-0.4, -0.2) is 39.6 Å². The van der Waals surface area contributed by atoms with E-state index >= 15 is 0 Å². The SMILES string of the molecule is COc1ccccc1C/C(C)=C/C(=O)N1CCCCC1c1ncn[nH]1. The molecule has 0 spiro atoms. The lowest BCUT2D eigenvalue weighted by Gasteiger charge is -2.33. The van der Waals surface area contributed by atoms with Crippen LogP contribution in [0.5, 0.6) is 5.75 Å². The molecule has 1 amide bonds. The van der Waals surface area contributed by atoms with Gasteiger partial charge >= 0.3 is 0 Å². The number of nitrogens with one attached hydrogen (secondary N) is 1.